The smallest absolute Gasteiger partial charge is 0.287 e. The average molecular weight is 314 g/mol. The van der Waals surface area contributed by atoms with Crippen molar-refractivity contribution in [3.8, 4) is 0 Å². The lowest BCUT2D eigenvalue weighted by molar-refractivity contribution is 0.0909. The summed E-state index contributed by atoms with van der Waals surface area (Å²) in [4.78, 5) is 14.2. The highest BCUT2D eigenvalue weighted by Gasteiger charge is 2.29. The lowest BCUT2D eigenvalue weighted by atomic mass is 10.2. The maximum Gasteiger partial charge on any atom is 0.287 e. The molecule has 2 heterocycles. The number of sulfone groups is 1. The second kappa shape index (κ2) is 6.62. The number of carbonyl (C=O) groups is 1. The van der Waals surface area contributed by atoms with Crippen molar-refractivity contribution in [2.45, 2.75) is 32.9 Å². The van der Waals surface area contributed by atoms with Crippen LogP contribution in [0.5, 0.6) is 0 Å². The van der Waals surface area contributed by atoms with E-state index in [-0.39, 0.29) is 29.2 Å². The van der Waals surface area contributed by atoms with Gasteiger partial charge in [-0.1, -0.05) is 13.8 Å². The van der Waals surface area contributed by atoms with Gasteiger partial charge in [0.2, 0.25) is 0 Å². The molecule has 118 valence electrons. The minimum absolute atomic E-state index is 0.0196. The molecule has 1 unspecified atom stereocenters. The molecule has 0 aliphatic carbocycles. The van der Waals surface area contributed by atoms with E-state index in [4.69, 9.17) is 4.42 Å². The minimum atomic E-state index is -2.99. The molecule has 2 rings (SSSR count). The largest absolute Gasteiger partial charge is 0.455 e. The predicted molar refractivity (Wildman–Crippen MR) is 79.9 cm³/mol. The number of hydrogen-bond donors (Lipinski definition) is 1. The van der Waals surface area contributed by atoms with E-state index >= 15 is 0 Å². The van der Waals surface area contributed by atoms with Crippen molar-refractivity contribution in [3.63, 3.8) is 0 Å². The number of carbonyl (C=O) groups excluding carboxylic acids is 1. The van der Waals surface area contributed by atoms with Crippen molar-refractivity contribution < 1.29 is 17.6 Å². The molecule has 1 atom stereocenters. The highest BCUT2D eigenvalue weighted by Crippen LogP contribution is 2.14. The summed E-state index contributed by atoms with van der Waals surface area (Å²) < 4.78 is 28.3. The molecule has 0 aromatic carbocycles. The molecule has 1 aliphatic rings. The highest BCUT2D eigenvalue weighted by molar-refractivity contribution is 7.91. The zero-order valence-electron chi connectivity index (χ0n) is 12.5. The number of furan rings is 1. The van der Waals surface area contributed by atoms with Crippen LogP contribution in [0.15, 0.2) is 16.5 Å². The third-order valence-electron chi connectivity index (χ3n) is 3.73. The first-order valence-electron chi connectivity index (χ1n) is 7.26. The molecule has 1 saturated heterocycles. The van der Waals surface area contributed by atoms with Gasteiger partial charge in [-0.3, -0.25) is 9.69 Å². The van der Waals surface area contributed by atoms with Crippen LogP contribution in [0.4, 0.5) is 0 Å². The number of amides is 1. The first-order valence-corrected chi connectivity index (χ1v) is 9.08. The molecular formula is C14H22N2O4S. The number of nitrogens with one attached hydrogen (secondary N) is 1. The fourth-order valence-corrected chi connectivity index (χ4v) is 4.09. The zero-order valence-corrected chi connectivity index (χ0v) is 13.3. The lowest BCUT2D eigenvalue weighted by Crippen LogP contribution is -2.35. The van der Waals surface area contributed by atoms with Crippen LogP contribution in [0.1, 0.15) is 36.6 Å². The first-order chi connectivity index (χ1) is 9.93. The topological polar surface area (TPSA) is 79.6 Å². The minimum Gasteiger partial charge on any atom is -0.455 e. The fraction of sp³-hybridized carbons (Fsp3) is 0.643. The van der Waals surface area contributed by atoms with E-state index in [1.54, 1.807) is 12.1 Å². The number of nitrogens with zero attached hydrogens (tertiary/aromatic N) is 1. The second-order valence-corrected chi connectivity index (χ2v) is 7.53. The van der Waals surface area contributed by atoms with E-state index in [0.717, 1.165) is 18.8 Å². The van der Waals surface area contributed by atoms with E-state index in [0.29, 0.717) is 13.0 Å². The van der Waals surface area contributed by atoms with Gasteiger partial charge in [0.25, 0.3) is 5.91 Å². The molecule has 1 fully saturated rings. The summed E-state index contributed by atoms with van der Waals surface area (Å²) in [5, 5.41) is 2.72. The normalized spacial score (nSPS) is 20.8. The first kappa shape index (κ1) is 16.0. The Morgan fingerprint density at radius 1 is 1.38 bits per heavy atom. The number of hydrogen-bond acceptors (Lipinski definition) is 5. The molecule has 6 nitrogen and oxygen atoms in total. The van der Waals surface area contributed by atoms with Gasteiger partial charge < -0.3 is 9.73 Å². The van der Waals surface area contributed by atoms with Crippen LogP contribution >= 0.6 is 0 Å². The Morgan fingerprint density at radius 2 is 2.10 bits per heavy atom. The van der Waals surface area contributed by atoms with Crippen LogP contribution in [0.25, 0.3) is 0 Å². The van der Waals surface area contributed by atoms with Crippen molar-refractivity contribution >= 4 is 15.7 Å². The maximum atomic E-state index is 12.0. The van der Waals surface area contributed by atoms with Crippen LogP contribution in [0, 0.1) is 0 Å². The van der Waals surface area contributed by atoms with Crippen LogP contribution < -0.4 is 5.32 Å². The summed E-state index contributed by atoms with van der Waals surface area (Å²) in [5.41, 5.74) is 0. The summed E-state index contributed by atoms with van der Waals surface area (Å²) in [6.07, 6.45) is 0.473. The Hall–Kier alpha value is -1.34. The van der Waals surface area contributed by atoms with Gasteiger partial charge in [0, 0.05) is 6.04 Å². The quantitative estimate of drug-likeness (QED) is 0.848. The molecule has 1 amide bonds. The Balaban J connectivity index is 1.93. The van der Waals surface area contributed by atoms with Crippen molar-refractivity contribution in [2.75, 3.05) is 24.6 Å². The van der Waals surface area contributed by atoms with E-state index in [2.05, 4.69) is 24.1 Å². The SMILES string of the molecule is CCN(CC)Cc1ccc(C(=O)NC2CCS(=O)(=O)C2)o1. The highest BCUT2D eigenvalue weighted by atomic mass is 32.2. The van der Waals surface area contributed by atoms with E-state index < -0.39 is 9.84 Å². The summed E-state index contributed by atoms with van der Waals surface area (Å²) >= 11 is 0. The summed E-state index contributed by atoms with van der Waals surface area (Å²) in [7, 11) is -2.99. The molecule has 21 heavy (non-hydrogen) atoms. The molecule has 0 radical (unpaired) electrons. The zero-order chi connectivity index (χ0) is 15.5. The van der Waals surface area contributed by atoms with Crippen LogP contribution in [0.2, 0.25) is 0 Å². The fourth-order valence-electron chi connectivity index (χ4n) is 2.42. The Bertz CT molecular complexity index is 590. The van der Waals surface area contributed by atoms with Gasteiger partial charge in [-0.25, -0.2) is 8.42 Å². The Kier molecular flexibility index (Phi) is 5.05. The molecule has 1 aliphatic heterocycles. The molecule has 0 bridgehead atoms. The summed E-state index contributed by atoms with van der Waals surface area (Å²) in [6, 6.07) is 3.12. The van der Waals surface area contributed by atoms with Gasteiger partial charge in [0.15, 0.2) is 15.6 Å². The second-order valence-electron chi connectivity index (χ2n) is 5.30. The molecule has 0 saturated carbocycles. The molecule has 1 aromatic rings. The molecular weight excluding hydrogens is 292 g/mol. The standard InChI is InChI=1S/C14H22N2O4S/c1-3-16(4-2)9-12-5-6-13(20-12)14(17)15-11-7-8-21(18,19)10-11/h5-6,11H,3-4,7-10H2,1-2H3,(H,15,17). The van der Waals surface area contributed by atoms with E-state index in [1.165, 1.54) is 0 Å². The van der Waals surface area contributed by atoms with Crippen molar-refractivity contribution in [1.29, 1.82) is 0 Å². The maximum absolute atomic E-state index is 12.0. The third-order valence-corrected chi connectivity index (χ3v) is 5.49. The van der Waals surface area contributed by atoms with Crippen molar-refractivity contribution in [1.82, 2.24) is 10.2 Å². The van der Waals surface area contributed by atoms with Crippen molar-refractivity contribution in [2.24, 2.45) is 0 Å². The average Bonchev–Trinajstić information content (AvgIpc) is 3.02. The predicted octanol–water partition coefficient (Wildman–Crippen LogP) is 1.04. The Morgan fingerprint density at radius 3 is 2.67 bits per heavy atom. The van der Waals surface area contributed by atoms with Crippen molar-refractivity contribution in [3.05, 3.63) is 23.7 Å². The van der Waals surface area contributed by atoms with Crippen LogP contribution in [-0.2, 0) is 16.4 Å². The monoisotopic (exact) mass is 314 g/mol. The van der Waals surface area contributed by atoms with E-state index in [1.807, 2.05) is 0 Å². The van der Waals surface area contributed by atoms with Gasteiger partial charge in [-0.15, -0.1) is 0 Å². The summed E-state index contributed by atoms with van der Waals surface area (Å²) in [6.45, 7) is 6.64. The Labute approximate surface area is 125 Å². The molecule has 7 heteroatoms. The number of rotatable bonds is 6. The summed E-state index contributed by atoms with van der Waals surface area (Å²) in [5.74, 6) is 0.793. The molecule has 1 aromatic heterocycles. The van der Waals surface area contributed by atoms with E-state index in [9.17, 15) is 13.2 Å². The van der Waals surface area contributed by atoms with Gasteiger partial charge in [-0.2, -0.15) is 0 Å². The van der Waals surface area contributed by atoms with Crippen LogP contribution in [-0.4, -0.2) is 49.9 Å². The molecule has 0 spiro atoms. The lowest BCUT2D eigenvalue weighted by Gasteiger charge is -2.15. The van der Waals surface area contributed by atoms with Gasteiger partial charge in [0.05, 0.1) is 18.1 Å². The molecule has 1 N–H and O–H groups in total. The third kappa shape index (κ3) is 4.31. The van der Waals surface area contributed by atoms with Gasteiger partial charge in [-0.05, 0) is 31.6 Å². The van der Waals surface area contributed by atoms with Gasteiger partial charge in [0.1, 0.15) is 5.76 Å². The van der Waals surface area contributed by atoms with Gasteiger partial charge >= 0.3 is 0 Å². The van der Waals surface area contributed by atoms with Crippen LogP contribution in [0.3, 0.4) is 0 Å².